The molecule has 1 amide bonds. The number of carbonyl (C=O) groups is 1. The summed E-state index contributed by atoms with van der Waals surface area (Å²) in [7, 11) is -3.62. The van der Waals surface area contributed by atoms with Crippen LogP contribution in [0.1, 0.15) is 18.9 Å². The standard InChI is InChI=1S/C15H23N3O3S/c1-2-15(19)18-11-9-17(10-12-18)8-7-13-3-5-14(6-4-13)22(16,20)21/h3-6H,2,7-12H2,1H3,(H2,16,20,21). The molecule has 1 aliphatic heterocycles. The molecule has 22 heavy (non-hydrogen) atoms. The number of piperazine rings is 1. The monoisotopic (exact) mass is 325 g/mol. The van der Waals surface area contributed by atoms with Gasteiger partial charge in [-0.3, -0.25) is 9.69 Å². The fourth-order valence-corrected chi connectivity index (χ4v) is 3.09. The van der Waals surface area contributed by atoms with Crippen LogP contribution in [-0.4, -0.2) is 56.8 Å². The average molecular weight is 325 g/mol. The average Bonchev–Trinajstić information content (AvgIpc) is 2.52. The zero-order valence-corrected chi connectivity index (χ0v) is 13.7. The number of sulfonamides is 1. The fraction of sp³-hybridized carbons (Fsp3) is 0.533. The van der Waals surface area contributed by atoms with E-state index in [0.717, 1.165) is 44.7 Å². The number of rotatable bonds is 5. The van der Waals surface area contributed by atoms with E-state index in [1.165, 1.54) is 0 Å². The third kappa shape index (κ3) is 4.53. The lowest BCUT2D eigenvalue weighted by Gasteiger charge is -2.34. The highest BCUT2D eigenvalue weighted by molar-refractivity contribution is 7.89. The van der Waals surface area contributed by atoms with Crippen molar-refractivity contribution >= 4 is 15.9 Å². The van der Waals surface area contributed by atoms with E-state index in [4.69, 9.17) is 5.14 Å². The second-order valence-electron chi connectivity index (χ2n) is 5.51. The minimum atomic E-state index is -3.62. The smallest absolute Gasteiger partial charge is 0.238 e. The summed E-state index contributed by atoms with van der Waals surface area (Å²) in [6.45, 7) is 6.15. The maximum Gasteiger partial charge on any atom is 0.238 e. The van der Waals surface area contributed by atoms with Crippen molar-refractivity contribution in [1.82, 2.24) is 9.80 Å². The Bertz CT molecular complexity index is 605. The molecule has 0 bridgehead atoms. The molecule has 0 spiro atoms. The molecule has 0 aromatic heterocycles. The topological polar surface area (TPSA) is 83.7 Å². The highest BCUT2D eigenvalue weighted by Gasteiger charge is 2.19. The van der Waals surface area contributed by atoms with Crippen molar-refractivity contribution in [2.24, 2.45) is 5.14 Å². The van der Waals surface area contributed by atoms with Gasteiger partial charge in [0, 0.05) is 39.1 Å². The van der Waals surface area contributed by atoms with E-state index in [1.54, 1.807) is 24.3 Å². The molecular weight excluding hydrogens is 302 g/mol. The van der Waals surface area contributed by atoms with Crippen LogP contribution in [0, 0.1) is 0 Å². The highest BCUT2D eigenvalue weighted by Crippen LogP contribution is 2.11. The second-order valence-corrected chi connectivity index (χ2v) is 7.08. The van der Waals surface area contributed by atoms with Crippen molar-refractivity contribution < 1.29 is 13.2 Å². The maximum atomic E-state index is 11.6. The van der Waals surface area contributed by atoms with Gasteiger partial charge in [0.25, 0.3) is 0 Å². The minimum Gasteiger partial charge on any atom is -0.340 e. The van der Waals surface area contributed by atoms with Crippen molar-refractivity contribution in [2.75, 3.05) is 32.7 Å². The van der Waals surface area contributed by atoms with Crippen LogP contribution < -0.4 is 5.14 Å². The molecule has 0 atom stereocenters. The van der Waals surface area contributed by atoms with Crippen LogP contribution in [0.3, 0.4) is 0 Å². The van der Waals surface area contributed by atoms with Gasteiger partial charge in [0.2, 0.25) is 15.9 Å². The third-order valence-electron chi connectivity index (χ3n) is 4.00. The molecule has 2 N–H and O–H groups in total. The van der Waals surface area contributed by atoms with Gasteiger partial charge >= 0.3 is 0 Å². The quantitative estimate of drug-likeness (QED) is 0.851. The van der Waals surface area contributed by atoms with Crippen LogP contribution in [-0.2, 0) is 21.2 Å². The van der Waals surface area contributed by atoms with Gasteiger partial charge in [0.15, 0.2) is 0 Å². The van der Waals surface area contributed by atoms with Gasteiger partial charge in [0.05, 0.1) is 4.90 Å². The molecule has 0 radical (unpaired) electrons. The summed E-state index contributed by atoms with van der Waals surface area (Å²) >= 11 is 0. The lowest BCUT2D eigenvalue weighted by molar-refractivity contribution is -0.132. The maximum absolute atomic E-state index is 11.6. The van der Waals surface area contributed by atoms with Gasteiger partial charge in [-0.25, -0.2) is 13.6 Å². The molecule has 1 fully saturated rings. The predicted molar refractivity (Wildman–Crippen MR) is 84.8 cm³/mol. The molecule has 0 aliphatic carbocycles. The zero-order valence-electron chi connectivity index (χ0n) is 12.9. The first-order chi connectivity index (χ1) is 10.4. The van der Waals surface area contributed by atoms with E-state index < -0.39 is 10.0 Å². The number of nitrogens with two attached hydrogens (primary N) is 1. The molecule has 7 heteroatoms. The zero-order chi connectivity index (χ0) is 16.2. The Morgan fingerprint density at radius 2 is 1.73 bits per heavy atom. The van der Waals surface area contributed by atoms with Crippen LogP contribution in [0.15, 0.2) is 29.2 Å². The van der Waals surface area contributed by atoms with Crippen molar-refractivity contribution in [3.05, 3.63) is 29.8 Å². The first-order valence-corrected chi connectivity index (χ1v) is 9.06. The Kier molecular flexibility index (Phi) is 5.55. The lowest BCUT2D eigenvalue weighted by atomic mass is 10.1. The lowest BCUT2D eigenvalue weighted by Crippen LogP contribution is -2.48. The number of hydrogen-bond donors (Lipinski definition) is 1. The molecule has 1 aromatic carbocycles. The fourth-order valence-electron chi connectivity index (χ4n) is 2.58. The van der Waals surface area contributed by atoms with E-state index >= 15 is 0 Å². The molecule has 2 rings (SSSR count). The molecule has 1 aromatic rings. The SMILES string of the molecule is CCC(=O)N1CCN(CCc2ccc(S(N)(=O)=O)cc2)CC1. The van der Waals surface area contributed by atoms with Gasteiger partial charge in [-0.05, 0) is 24.1 Å². The summed E-state index contributed by atoms with van der Waals surface area (Å²) in [5, 5.41) is 5.08. The van der Waals surface area contributed by atoms with Gasteiger partial charge in [-0.15, -0.1) is 0 Å². The number of benzene rings is 1. The normalized spacial score (nSPS) is 16.7. The Morgan fingerprint density at radius 3 is 2.23 bits per heavy atom. The van der Waals surface area contributed by atoms with E-state index in [0.29, 0.717) is 6.42 Å². The summed E-state index contributed by atoms with van der Waals surface area (Å²) < 4.78 is 22.4. The minimum absolute atomic E-state index is 0.142. The van der Waals surface area contributed by atoms with Crippen LogP contribution in [0.5, 0.6) is 0 Å². The summed E-state index contributed by atoms with van der Waals surface area (Å²) in [5.74, 6) is 0.221. The Hall–Kier alpha value is -1.44. The number of primary sulfonamides is 1. The first kappa shape index (κ1) is 16.9. The van der Waals surface area contributed by atoms with Crippen LogP contribution in [0.2, 0.25) is 0 Å². The largest absolute Gasteiger partial charge is 0.340 e. The molecule has 122 valence electrons. The second kappa shape index (κ2) is 7.21. The van der Waals surface area contributed by atoms with E-state index in [2.05, 4.69) is 4.90 Å². The Labute approximate surface area is 131 Å². The molecule has 1 heterocycles. The Balaban J connectivity index is 1.81. The van der Waals surface area contributed by atoms with Gasteiger partial charge < -0.3 is 4.90 Å². The van der Waals surface area contributed by atoms with Crippen LogP contribution in [0.25, 0.3) is 0 Å². The first-order valence-electron chi connectivity index (χ1n) is 7.52. The van der Waals surface area contributed by atoms with Crippen molar-refractivity contribution in [1.29, 1.82) is 0 Å². The third-order valence-corrected chi connectivity index (χ3v) is 4.93. The molecule has 1 aliphatic rings. The predicted octanol–water partition coefficient (Wildman–Crippen LogP) is 0.431. The summed E-state index contributed by atoms with van der Waals surface area (Å²) in [5.41, 5.74) is 1.08. The van der Waals surface area contributed by atoms with Gasteiger partial charge in [-0.1, -0.05) is 19.1 Å². The number of amides is 1. The van der Waals surface area contributed by atoms with Crippen molar-refractivity contribution in [3.8, 4) is 0 Å². The van der Waals surface area contributed by atoms with Crippen LogP contribution >= 0.6 is 0 Å². The number of nitrogens with zero attached hydrogens (tertiary/aromatic N) is 2. The number of carbonyl (C=O) groups excluding carboxylic acids is 1. The molecule has 6 nitrogen and oxygen atoms in total. The summed E-state index contributed by atoms with van der Waals surface area (Å²) in [6.07, 6.45) is 1.42. The van der Waals surface area contributed by atoms with E-state index in [1.807, 2.05) is 11.8 Å². The van der Waals surface area contributed by atoms with Crippen LogP contribution in [0.4, 0.5) is 0 Å². The van der Waals surface area contributed by atoms with Gasteiger partial charge in [-0.2, -0.15) is 0 Å². The van der Waals surface area contributed by atoms with Crippen molar-refractivity contribution in [2.45, 2.75) is 24.7 Å². The Morgan fingerprint density at radius 1 is 1.14 bits per heavy atom. The number of hydrogen-bond acceptors (Lipinski definition) is 4. The summed E-state index contributed by atoms with van der Waals surface area (Å²) in [6, 6.07) is 6.69. The molecule has 0 saturated carbocycles. The molecular formula is C15H23N3O3S. The van der Waals surface area contributed by atoms with Crippen molar-refractivity contribution in [3.63, 3.8) is 0 Å². The molecule has 0 unspecified atom stereocenters. The highest BCUT2D eigenvalue weighted by atomic mass is 32.2. The van der Waals surface area contributed by atoms with Gasteiger partial charge in [0.1, 0.15) is 0 Å². The van der Waals surface area contributed by atoms with E-state index in [-0.39, 0.29) is 10.8 Å². The molecule has 1 saturated heterocycles. The summed E-state index contributed by atoms with van der Waals surface area (Å²) in [4.78, 5) is 16.0. The van der Waals surface area contributed by atoms with E-state index in [9.17, 15) is 13.2 Å².